The Kier molecular flexibility index (Phi) is 6.31. The molecule has 0 aliphatic heterocycles. The first-order valence-electron chi connectivity index (χ1n) is 10.6. The normalized spacial score (nSPS) is 11.8. The molecule has 0 saturated heterocycles. The van der Waals surface area contributed by atoms with E-state index in [0.29, 0.717) is 29.2 Å². The predicted octanol–water partition coefficient (Wildman–Crippen LogP) is 4.71. The molecule has 6 heteroatoms. The van der Waals surface area contributed by atoms with Crippen molar-refractivity contribution in [1.29, 1.82) is 0 Å². The third-order valence-electron chi connectivity index (χ3n) is 5.39. The number of carbonyl (C=O) groups excluding carboxylic acids is 1. The molecular formula is C26H25N3O3. The summed E-state index contributed by atoms with van der Waals surface area (Å²) in [7, 11) is 0. The summed E-state index contributed by atoms with van der Waals surface area (Å²) in [4.78, 5) is 30.0. The van der Waals surface area contributed by atoms with Crippen molar-refractivity contribution in [2.24, 2.45) is 0 Å². The third-order valence-corrected chi connectivity index (χ3v) is 5.39. The van der Waals surface area contributed by atoms with Crippen LogP contribution in [0.5, 0.6) is 5.75 Å². The summed E-state index contributed by atoms with van der Waals surface area (Å²) in [6, 6.07) is 22.2. The number of carbonyl (C=O) groups is 1. The Morgan fingerprint density at radius 2 is 1.81 bits per heavy atom. The quantitative estimate of drug-likeness (QED) is 0.463. The van der Waals surface area contributed by atoms with Crippen molar-refractivity contribution >= 4 is 17.2 Å². The monoisotopic (exact) mass is 427 g/mol. The first kappa shape index (κ1) is 21.3. The van der Waals surface area contributed by atoms with Crippen LogP contribution in [-0.4, -0.2) is 15.3 Å². The smallest absolute Gasteiger partial charge is 0.258 e. The topological polar surface area (TPSA) is 72.7 Å². The van der Waals surface area contributed by atoms with E-state index in [4.69, 9.17) is 4.74 Å². The fraction of sp³-hybridized carbons (Fsp3) is 0.192. The predicted molar refractivity (Wildman–Crippen MR) is 125 cm³/mol. The van der Waals surface area contributed by atoms with Crippen LogP contribution in [0, 0.1) is 6.92 Å². The van der Waals surface area contributed by atoms with E-state index in [1.807, 2.05) is 68.4 Å². The van der Waals surface area contributed by atoms with Gasteiger partial charge in [-0.05, 0) is 42.7 Å². The van der Waals surface area contributed by atoms with Gasteiger partial charge in [-0.3, -0.25) is 14.0 Å². The first-order valence-corrected chi connectivity index (χ1v) is 10.6. The lowest BCUT2D eigenvalue weighted by Gasteiger charge is -2.17. The Morgan fingerprint density at radius 1 is 1.06 bits per heavy atom. The van der Waals surface area contributed by atoms with Crippen molar-refractivity contribution < 1.29 is 9.53 Å². The summed E-state index contributed by atoms with van der Waals surface area (Å²) in [6.45, 7) is 4.02. The lowest BCUT2D eigenvalue weighted by Crippen LogP contribution is -2.21. The summed E-state index contributed by atoms with van der Waals surface area (Å²) < 4.78 is 7.48. The maximum absolute atomic E-state index is 13.0. The number of aryl methyl sites for hydroxylation is 1. The van der Waals surface area contributed by atoms with E-state index in [2.05, 4.69) is 10.3 Å². The van der Waals surface area contributed by atoms with Gasteiger partial charge in [-0.1, -0.05) is 55.5 Å². The Labute approximate surface area is 186 Å². The summed E-state index contributed by atoms with van der Waals surface area (Å²) in [6.07, 6.45) is 2.38. The Bertz CT molecular complexity index is 1300. The summed E-state index contributed by atoms with van der Waals surface area (Å²) >= 11 is 0. The lowest BCUT2D eigenvalue weighted by atomic mass is 9.95. The fourth-order valence-corrected chi connectivity index (χ4v) is 3.71. The summed E-state index contributed by atoms with van der Waals surface area (Å²) in [5, 5.41) is 3.00. The molecular weight excluding hydrogens is 402 g/mol. The maximum atomic E-state index is 13.0. The van der Waals surface area contributed by atoms with Gasteiger partial charge in [0.15, 0.2) is 0 Å². The Hall–Kier alpha value is -3.93. The second kappa shape index (κ2) is 9.47. The molecule has 0 unspecified atom stereocenters. The third kappa shape index (κ3) is 4.54. The van der Waals surface area contributed by atoms with Crippen LogP contribution >= 0.6 is 0 Å². The largest absolute Gasteiger partial charge is 0.485 e. The van der Waals surface area contributed by atoms with Crippen LogP contribution in [0.15, 0.2) is 83.8 Å². The molecule has 0 spiro atoms. The van der Waals surface area contributed by atoms with Gasteiger partial charge in [0.25, 0.3) is 5.56 Å². The lowest BCUT2D eigenvalue weighted by molar-refractivity contribution is -0.117. The van der Waals surface area contributed by atoms with Gasteiger partial charge in [-0.2, -0.15) is 0 Å². The van der Waals surface area contributed by atoms with Crippen LogP contribution in [0.25, 0.3) is 5.65 Å². The molecule has 1 N–H and O–H groups in total. The number of pyridine rings is 1. The van der Waals surface area contributed by atoms with Crippen molar-refractivity contribution in [2.75, 3.05) is 5.32 Å². The number of benzene rings is 2. The van der Waals surface area contributed by atoms with Crippen molar-refractivity contribution in [3.63, 3.8) is 0 Å². The molecule has 32 heavy (non-hydrogen) atoms. The molecule has 2 heterocycles. The fourth-order valence-electron chi connectivity index (χ4n) is 3.71. The minimum atomic E-state index is -0.255. The van der Waals surface area contributed by atoms with Crippen LogP contribution in [-0.2, 0) is 11.4 Å². The molecule has 0 aliphatic carbocycles. The highest BCUT2D eigenvalue weighted by atomic mass is 16.5. The van der Waals surface area contributed by atoms with E-state index < -0.39 is 0 Å². The number of hydrogen-bond donors (Lipinski definition) is 1. The Morgan fingerprint density at radius 3 is 2.59 bits per heavy atom. The van der Waals surface area contributed by atoms with Crippen molar-refractivity contribution in [3.05, 3.63) is 106 Å². The van der Waals surface area contributed by atoms with Crippen LogP contribution in [0.1, 0.15) is 36.1 Å². The minimum Gasteiger partial charge on any atom is -0.485 e. The molecule has 6 nitrogen and oxygen atoms in total. The number of aromatic nitrogens is 2. The zero-order chi connectivity index (χ0) is 22.5. The first-order chi connectivity index (χ1) is 15.6. The maximum Gasteiger partial charge on any atom is 0.258 e. The zero-order valence-corrected chi connectivity index (χ0v) is 18.1. The van der Waals surface area contributed by atoms with Crippen molar-refractivity contribution in [1.82, 2.24) is 9.38 Å². The second-order valence-electron chi connectivity index (χ2n) is 7.62. The van der Waals surface area contributed by atoms with E-state index in [1.54, 1.807) is 18.3 Å². The van der Waals surface area contributed by atoms with Gasteiger partial charge in [0.2, 0.25) is 5.91 Å². The highest BCUT2D eigenvalue weighted by molar-refractivity contribution is 5.97. The molecule has 0 bridgehead atoms. The van der Waals surface area contributed by atoms with Crippen LogP contribution in [0.2, 0.25) is 0 Å². The van der Waals surface area contributed by atoms with E-state index in [-0.39, 0.29) is 24.0 Å². The van der Waals surface area contributed by atoms with E-state index in [9.17, 15) is 9.59 Å². The second-order valence-corrected chi connectivity index (χ2v) is 7.62. The number of fused-ring (bicyclic) bond motifs is 1. The molecule has 0 saturated carbocycles. The molecule has 4 rings (SSSR count). The molecule has 4 aromatic rings. The Balaban J connectivity index is 1.53. The molecule has 0 radical (unpaired) electrons. The molecule has 0 fully saturated rings. The number of rotatable bonds is 7. The van der Waals surface area contributed by atoms with Crippen molar-refractivity contribution in [3.8, 4) is 5.75 Å². The van der Waals surface area contributed by atoms with Crippen LogP contribution < -0.4 is 15.6 Å². The highest BCUT2D eigenvalue weighted by Gasteiger charge is 2.19. The molecule has 2 aromatic carbocycles. The summed E-state index contributed by atoms with van der Waals surface area (Å²) in [5.41, 5.74) is 3.44. The molecule has 162 valence electrons. The zero-order valence-electron chi connectivity index (χ0n) is 18.1. The average molecular weight is 428 g/mol. The molecule has 0 aliphatic rings. The van der Waals surface area contributed by atoms with Gasteiger partial charge in [-0.25, -0.2) is 4.98 Å². The van der Waals surface area contributed by atoms with Crippen LogP contribution in [0.3, 0.4) is 0 Å². The van der Waals surface area contributed by atoms with Gasteiger partial charge in [-0.15, -0.1) is 0 Å². The highest BCUT2D eigenvalue weighted by Crippen LogP contribution is 2.27. The number of amides is 1. The number of anilines is 1. The van der Waals surface area contributed by atoms with Gasteiger partial charge in [0, 0.05) is 12.3 Å². The van der Waals surface area contributed by atoms with Gasteiger partial charge >= 0.3 is 0 Å². The van der Waals surface area contributed by atoms with Gasteiger partial charge in [0.05, 0.1) is 17.3 Å². The average Bonchev–Trinajstić information content (AvgIpc) is 2.80. The van der Waals surface area contributed by atoms with Gasteiger partial charge in [0.1, 0.15) is 18.0 Å². The summed E-state index contributed by atoms with van der Waals surface area (Å²) in [5.74, 6) is 0.178. The minimum absolute atomic E-state index is 0.0903. The number of nitrogens with one attached hydrogen (secondary N) is 1. The van der Waals surface area contributed by atoms with E-state index in [1.165, 1.54) is 10.5 Å². The number of nitrogens with zero attached hydrogens (tertiary/aromatic N) is 2. The van der Waals surface area contributed by atoms with E-state index >= 15 is 0 Å². The number of ether oxygens (including phenoxy) is 1. The number of hydrogen-bond acceptors (Lipinski definition) is 4. The molecule has 1 atom stereocenters. The molecule has 1 amide bonds. The standard InChI is InChI=1S/C26H25N3O3/c1-3-21(19-11-5-4-6-12-19)26(31)28-22-13-7-8-14-23(22)32-17-20-16-24(30)29-15-9-10-18(2)25(29)27-20/h4-16,21H,3,17H2,1-2H3,(H,28,31)/t21-/m0/s1. The molecule has 2 aromatic heterocycles. The van der Waals surface area contributed by atoms with Gasteiger partial charge < -0.3 is 10.1 Å². The van der Waals surface area contributed by atoms with Crippen LogP contribution in [0.4, 0.5) is 5.69 Å². The SMILES string of the molecule is CC[C@H](C(=O)Nc1ccccc1OCc1cc(=O)n2cccc(C)c2n1)c1ccccc1. The number of para-hydroxylation sites is 2. The van der Waals surface area contributed by atoms with Crippen molar-refractivity contribution in [2.45, 2.75) is 32.8 Å². The van der Waals surface area contributed by atoms with E-state index in [0.717, 1.165) is 11.1 Å².